The predicted octanol–water partition coefficient (Wildman–Crippen LogP) is 6.26. The molecule has 0 spiro atoms. The van der Waals surface area contributed by atoms with Crippen molar-refractivity contribution < 1.29 is 0 Å². The van der Waals surface area contributed by atoms with Crippen molar-refractivity contribution >= 4 is 9.24 Å². The van der Waals surface area contributed by atoms with Crippen LogP contribution in [-0.4, -0.2) is 6.16 Å². The van der Waals surface area contributed by atoms with Crippen LogP contribution in [0.4, 0.5) is 0 Å². The van der Waals surface area contributed by atoms with Crippen LogP contribution in [0.3, 0.4) is 0 Å². The predicted molar refractivity (Wildman–Crippen MR) is 102 cm³/mol. The summed E-state index contributed by atoms with van der Waals surface area (Å²) in [6, 6.07) is 17.8. The summed E-state index contributed by atoms with van der Waals surface area (Å²) in [7, 11) is 2.83. The van der Waals surface area contributed by atoms with E-state index in [1.165, 1.54) is 60.5 Å². The minimum Gasteiger partial charge on any atom is -0.138 e. The molecule has 0 heterocycles. The molecule has 1 unspecified atom stereocenters. The summed E-state index contributed by atoms with van der Waals surface area (Å²) in [5.41, 5.74) is 5.84. The lowest BCUT2D eigenvalue weighted by molar-refractivity contribution is 0.595. The molecule has 0 radical (unpaired) electrons. The molecule has 0 saturated heterocycles. The summed E-state index contributed by atoms with van der Waals surface area (Å²) in [5, 5.41) is 0. The summed E-state index contributed by atoms with van der Waals surface area (Å²) in [4.78, 5) is 0. The molecule has 0 aliphatic rings. The third kappa shape index (κ3) is 4.68. The Labute approximate surface area is 138 Å². The molecule has 118 valence electrons. The number of aryl methyl sites for hydroxylation is 2. The van der Waals surface area contributed by atoms with Gasteiger partial charge in [-0.05, 0) is 55.1 Å². The van der Waals surface area contributed by atoms with E-state index in [2.05, 4.69) is 71.6 Å². The summed E-state index contributed by atoms with van der Waals surface area (Å²) >= 11 is 0. The Hall–Kier alpha value is -1.13. The third-order valence-corrected chi connectivity index (χ3v) is 4.98. The smallest absolute Gasteiger partial charge is 0.00945 e. The number of hydrogen-bond donors (Lipinski definition) is 0. The molecule has 0 aliphatic carbocycles. The van der Waals surface area contributed by atoms with Gasteiger partial charge in [0.25, 0.3) is 0 Å². The first kappa shape index (κ1) is 17.2. The Morgan fingerprint density at radius 2 is 1.23 bits per heavy atom. The Kier molecular flexibility index (Phi) is 7.13. The van der Waals surface area contributed by atoms with Gasteiger partial charge in [0.15, 0.2) is 0 Å². The van der Waals surface area contributed by atoms with Crippen molar-refractivity contribution in [3.8, 4) is 0 Å². The van der Waals surface area contributed by atoms with Crippen molar-refractivity contribution in [2.45, 2.75) is 51.9 Å². The molecule has 0 fully saturated rings. The molecule has 1 atom stereocenters. The van der Waals surface area contributed by atoms with Gasteiger partial charge in [0.2, 0.25) is 0 Å². The highest BCUT2D eigenvalue weighted by molar-refractivity contribution is 7.16. The van der Waals surface area contributed by atoms with Gasteiger partial charge in [0.05, 0.1) is 0 Å². The lowest BCUT2D eigenvalue weighted by Crippen LogP contribution is -2.05. The Balaban J connectivity index is 2.18. The van der Waals surface area contributed by atoms with Gasteiger partial charge in [0, 0.05) is 5.92 Å². The first-order chi connectivity index (χ1) is 10.7. The summed E-state index contributed by atoms with van der Waals surface area (Å²) in [6.45, 7) is 4.49. The number of hydrogen-bond acceptors (Lipinski definition) is 0. The minimum absolute atomic E-state index is 0.540. The van der Waals surface area contributed by atoms with E-state index in [1.54, 1.807) is 0 Å². The molecule has 0 bridgehead atoms. The normalized spacial score (nSPS) is 11.1. The summed E-state index contributed by atoms with van der Waals surface area (Å²) < 4.78 is 0. The molecule has 22 heavy (non-hydrogen) atoms. The second kappa shape index (κ2) is 9.11. The van der Waals surface area contributed by atoms with E-state index in [-0.39, 0.29) is 0 Å². The maximum absolute atomic E-state index is 2.83. The lowest BCUT2D eigenvalue weighted by atomic mass is 9.83. The molecule has 0 saturated carbocycles. The Bertz CT molecular complexity index is 528. The number of unbranched alkanes of at least 4 members (excludes halogenated alkanes) is 3. The zero-order valence-corrected chi connectivity index (χ0v) is 15.2. The van der Waals surface area contributed by atoms with Gasteiger partial charge in [-0.2, -0.15) is 0 Å². The van der Waals surface area contributed by atoms with Crippen LogP contribution in [0.25, 0.3) is 0 Å². The third-order valence-electron chi connectivity index (χ3n) is 4.57. The Morgan fingerprint density at radius 1 is 0.727 bits per heavy atom. The molecule has 2 aromatic rings. The van der Waals surface area contributed by atoms with Gasteiger partial charge in [-0.3, -0.25) is 0 Å². The van der Waals surface area contributed by atoms with Crippen LogP contribution >= 0.6 is 9.24 Å². The van der Waals surface area contributed by atoms with E-state index in [0.717, 1.165) is 0 Å². The van der Waals surface area contributed by atoms with Crippen LogP contribution in [0.2, 0.25) is 0 Å². The average Bonchev–Trinajstić information content (AvgIpc) is 2.53. The second-order valence-electron chi connectivity index (χ2n) is 6.26. The van der Waals surface area contributed by atoms with Crippen molar-refractivity contribution in [1.82, 2.24) is 0 Å². The van der Waals surface area contributed by atoms with E-state index >= 15 is 0 Å². The topological polar surface area (TPSA) is 0 Å². The highest BCUT2D eigenvalue weighted by Gasteiger charge is 2.17. The maximum atomic E-state index is 2.83. The van der Waals surface area contributed by atoms with E-state index in [9.17, 15) is 0 Å². The zero-order chi connectivity index (χ0) is 15.8. The van der Waals surface area contributed by atoms with Crippen LogP contribution in [-0.2, 0) is 0 Å². The van der Waals surface area contributed by atoms with E-state index in [0.29, 0.717) is 5.92 Å². The summed E-state index contributed by atoms with van der Waals surface area (Å²) in [5.74, 6) is 0.540. The largest absolute Gasteiger partial charge is 0.138 e. The highest BCUT2D eigenvalue weighted by Crippen LogP contribution is 2.33. The molecule has 0 N–H and O–H groups in total. The first-order valence-electron chi connectivity index (χ1n) is 8.55. The van der Waals surface area contributed by atoms with Gasteiger partial charge < -0.3 is 0 Å². The molecule has 0 nitrogen and oxygen atoms in total. The second-order valence-corrected chi connectivity index (χ2v) is 6.83. The standard InChI is InChI=1S/C21H29P/c1-17-11-6-8-13-19(17)21(15-5-3-4-10-16-22)20-14-9-7-12-18(20)2/h6-9,11-14,21H,3-5,10,15-16,22H2,1-2H3. The number of benzene rings is 2. The van der Waals surface area contributed by atoms with E-state index in [1.807, 2.05) is 0 Å². The Morgan fingerprint density at radius 3 is 1.73 bits per heavy atom. The van der Waals surface area contributed by atoms with Crippen LogP contribution in [0, 0.1) is 13.8 Å². The maximum Gasteiger partial charge on any atom is 0.00945 e. The van der Waals surface area contributed by atoms with Crippen molar-refractivity contribution in [2.24, 2.45) is 0 Å². The molecular weight excluding hydrogens is 283 g/mol. The van der Waals surface area contributed by atoms with Crippen molar-refractivity contribution in [2.75, 3.05) is 6.16 Å². The van der Waals surface area contributed by atoms with E-state index < -0.39 is 0 Å². The molecule has 2 aromatic carbocycles. The lowest BCUT2D eigenvalue weighted by Gasteiger charge is -2.22. The molecule has 2 rings (SSSR count). The average molecular weight is 312 g/mol. The van der Waals surface area contributed by atoms with Crippen LogP contribution < -0.4 is 0 Å². The minimum atomic E-state index is 0.540. The van der Waals surface area contributed by atoms with Crippen LogP contribution in [0.15, 0.2) is 48.5 Å². The first-order valence-corrected chi connectivity index (χ1v) is 9.37. The van der Waals surface area contributed by atoms with Crippen molar-refractivity contribution in [1.29, 1.82) is 0 Å². The van der Waals surface area contributed by atoms with Crippen molar-refractivity contribution in [3.63, 3.8) is 0 Å². The number of rotatable bonds is 8. The molecule has 0 aromatic heterocycles. The SMILES string of the molecule is Cc1ccccc1C(CCCCCCP)c1ccccc1C. The fourth-order valence-electron chi connectivity index (χ4n) is 3.28. The van der Waals surface area contributed by atoms with E-state index in [4.69, 9.17) is 0 Å². The quantitative estimate of drug-likeness (QED) is 0.398. The van der Waals surface area contributed by atoms with Gasteiger partial charge in [0.1, 0.15) is 0 Å². The molecular formula is C21H29P. The highest BCUT2D eigenvalue weighted by atomic mass is 31.0. The van der Waals surface area contributed by atoms with Gasteiger partial charge in [-0.1, -0.05) is 67.8 Å². The molecule has 0 aliphatic heterocycles. The summed E-state index contributed by atoms with van der Waals surface area (Å²) in [6.07, 6.45) is 7.86. The zero-order valence-electron chi connectivity index (χ0n) is 14.0. The van der Waals surface area contributed by atoms with Gasteiger partial charge >= 0.3 is 0 Å². The fraction of sp³-hybridized carbons (Fsp3) is 0.429. The van der Waals surface area contributed by atoms with Crippen LogP contribution in [0.1, 0.15) is 60.3 Å². The van der Waals surface area contributed by atoms with Gasteiger partial charge in [-0.15, -0.1) is 9.24 Å². The monoisotopic (exact) mass is 312 g/mol. The van der Waals surface area contributed by atoms with Crippen molar-refractivity contribution in [3.05, 3.63) is 70.8 Å². The molecule has 1 heteroatoms. The van der Waals surface area contributed by atoms with Crippen LogP contribution in [0.5, 0.6) is 0 Å². The fourth-order valence-corrected chi connectivity index (χ4v) is 3.57. The molecule has 0 amide bonds. The van der Waals surface area contributed by atoms with Gasteiger partial charge in [-0.25, -0.2) is 0 Å².